The van der Waals surface area contributed by atoms with E-state index in [1.54, 1.807) is 37.6 Å². The molecule has 21 heavy (non-hydrogen) atoms. The Labute approximate surface area is 123 Å². The zero-order chi connectivity index (χ0) is 15.4. The molecule has 0 aliphatic rings. The molecular weight excluding hydrogens is 268 g/mol. The zero-order valence-corrected chi connectivity index (χ0v) is 12.3. The molecule has 1 aromatic carbocycles. The van der Waals surface area contributed by atoms with E-state index in [1.165, 1.54) is 6.20 Å². The molecule has 0 saturated heterocycles. The van der Waals surface area contributed by atoms with E-state index < -0.39 is 0 Å². The third-order valence-corrected chi connectivity index (χ3v) is 2.85. The minimum Gasteiger partial charge on any atom is -0.497 e. The molecular formula is C16H18N2O3. The molecule has 1 aromatic heterocycles. The molecule has 0 fully saturated rings. The SMILES string of the molecule is COc1ccc(N)c(C(=O)c2cncc(OC(C)C)c2)c1. The molecule has 0 unspecified atom stereocenters. The fraction of sp³-hybridized carbons (Fsp3) is 0.250. The number of nitrogens with zero attached hydrogens (tertiary/aromatic N) is 1. The molecule has 0 aliphatic heterocycles. The standard InChI is InChI=1S/C16H18N2O3/c1-10(2)21-13-6-11(8-18-9-13)16(19)14-7-12(20-3)4-5-15(14)17/h4-10H,17H2,1-3H3. The van der Waals surface area contributed by atoms with Crippen molar-refractivity contribution in [1.82, 2.24) is 4.98 Å². The summed E-state index contributed by atoms with van der Waals surface area (Å²) in [6.45, 7) is 3.82. The highest BCUT2D eigenvalue weighted by molar-refractivity contribution is 6.12. The van der Waals surface area contributed by atoms with Gasteiger partial charge in [-0.25, -0.2) is 0 Å². The molecule has 0 aliphatic carbocycles. The largest absolute Gasteiger partial charge is 0.497 e. The summed E-state index contributed by atoms with van der Waals surface area (Å²) in [5.41, 5.74) is 7.08. The number of ether oxygens (including phenoxy) is 2. The molecule has 2 aromatic rings. The number of nitrogens with two attached hydrogens (primary N) is 1. The Hall–Kier alpha value is -2.56. The van der Waals surface area contributed by atoms with E-state index in [-0.39, 0.29) is 11.9 Å². The maximum absolute atomic E-state index is 12.5. The second-order valence-electron chi connectivity index (χ2n) is 4.86. The summed E-state index contributed by atoms with van der Waals surface area (Å²) in [6, 6.07) is 6.64. The van der Waals surface area contributed by atoms with E-state index in [1.807, 2.05) is 13.8 Å². The lowest BCUT2D eigenvalue weighted by Gasteiger charge is -2.11. The van der Waals surface area contributed by atoms with Gasteiger partial charge < -0.3 is 15.2 Å². The average molecular weight is 286 g/mol. The predicted molar refractivity (Wildman–Crippen MR) is 80.8 cm³/mol. The van der Waals surface area contributed by atoms with Gasteiger partial charge in [-0.2, -0.15) is 0 Å². The Kier molecular flexibility index (Phi) is 4.42. The smallest absolute Gasteiger partial charge is 0.196 e. The van der Waals surface area contributed by atoms with Gasteiger partial charge in [0.1, 0.15) is 11.5 Å². The highest BCUT2D eigenvalue weighted by Crippen LogP contribution is 2.23. The minimum absolute atomic E-state index is 0.0130. The van der Waals surface area contributed by atoms with Gasteiger partial charge in [-0.1, -0.05) is 0 Å². The van der Waals surface area contributed by atoms with Gasteiger partial charge >= 0.3 is 0 Å². The quantitative estimate of drug-likeness (QED) is 0.675. The van der Waals surface area contributed by atoms with Crippen LogP contribution in [0.2, 0.25) is 0 Å². The van der Waals surface area contributed by atoms with E-state index >= 15 is 0 Å². The van der Waals surface area contributed by atoms with Crippen molar-refractivity contribution in [3.05, 3.63) is 47.8 Å². The van der Waals surface area contributed by atoms with Crippen LogP contribution in [0.15, 0.2) is 36.7 Å². The first-order chi connectivity index (χ1) is 10.0. The topological polar surface area (TPSA) is 74.4 Å². The van der Waals surface area contributed by atoms with Crippen LogP contribution in [0.4, 0.5) is 5.69 Å². The second kappa shape index (κ2) is 6.26. The molecule has 0 spiro atoms. The van der Waals surface area contributed by atoms with Crippen LogP contribution in [-0.2, 0) is 0 Å². The molecule has 110 valence electrons. The van der Waals surface area contributed by atoms with Gasteiger partial charge in [-0.3, -0.25) is 9.78 Å². The monoisotopic (exact) mass is 286 g/mol. The molecule has 0 saturated carbocycles. The number of rotatable bonds is 5. The van der Waals surface area contributed by atoms with Gasteiger partial charge in [-0.15, -0.1) is 0 Å². The Morgan fingerprint density at radius 3 is 2.62 bits per heavy atom. The molecule has 0 amide bonds. The number of methoxy groups -OCH3 is 1. The normalized spacial score (nSPS) is 10.5. The zero-order valence-electron chi connectivity index (χ0n) is 12.3. The maximum atomic E-state index is 12.5. The number of nitrogen functional groups attached to an aromatic ring is 1. The van der Waals surface area contributed by atoms with Gasteiger partial charge in [0.15, 0.2) is 5.78 Å². The van der Waals surface area contributed by atoms with E-state index in [0.29, 0.717) is 28.3 Å². The van der Waals surface area contributed by atoms with Crippen LogP contribution >= 0.6 is 0 Å². The van der Waals surface area contributed by atoms with Crippen LogP contribution in [0.25, 0.3) is 0 Å². The maximum Gasteiger partial charge on any atom is 0.196 e. The molecule has 0 atom stereocenters. The number of carbonyl (C=O) groups excluding carboxylic acids is 1. The molecule has 5 heteroatoms. The van der Waals surface area contributed by atoms with Crippen molar-refractivity contribution in [1.29, 1.82) is 0 Å². The van der Waals surface area contributed by atoms with Gasteiger partial charge in [0.25, 0.3) is 0 Å². The van der Waals surface area contributed by atoms with Crippen LogP contribution < -0.4 is 15.2 Å². The third kappa shape index (κ3) is 3.51. The van der Waals surface area contributed by atoms with Crippen LogP contribution in [0, 0.1) is 0 Å². The Bertz CT molecular complexity index is 654. The van der Waals surface area contributed by atoms with E-state index in [0.717, 1.165) is 0 Å². The van der Waals surface area contributed by atoms with Crippen LogP contribution in [-0.4, -0.2) is 24.0 Å². The van der Waals surface area contributed by atoms with Gasteiger partial charge in [-0.05, 0) is 38.1 Å². The second-order valence-corrected chi connectivity index (χ2v) is 4.86. The average Bonchev–Trinajstić information content (AvgIpc) is 2.46. The fourth-order valence-electron chi connectivity index (χ4n) is 1.89. The number of hydrogen-bond acceptors (Lipinski definition) is 5. The molecule has 2 rings (SSSR count). The van der Waals surface area contributed by atoms with Crippen LogP contribution in [0.5, 0.6) is 11.5 Å². The van der Waals surface area contributed by atoms with Crippen LogP contribution in [0.3, 0.4) is 0 Å². The van der Waals surface area contributed by atoms with Crippen molar-refractivity contribution in [2.75, 3.05) is 12.8 Å². The number of hydrogen-bond donors (Lipinski definition) is 1. The van der Waals surface area contributed by atoms with Crippen molar-refractivity contribution >= 4 is 11.5 Å². The first kappa shape index (κ1) is 14.8. The van der Waals surface area contributed by atoms with Crippen molar-refractivity contribution < 1.29 is 14.3 Å². The summed E-state index contributed by atoms with van der Waals surface area (Å²) in [5, 5.41) is 0. The van der Waals surface area contributed by atoms with E-state index in [4.69, 9.17) is 15.2 Å². The summed E-state index contributed by atoms with van der Waals surface area (Å²) >= 11 is 0. The molecule has 1 heterocycles. The lowest BCUT2D eigenvalue weighted by atomic mass is 10.0. The van der Waals surface area contributed by atoms with Crippen molar-refractivity contribution in [2.24, 2.45) is 0 Å². The first-order valence-corrected chi connectivity index (χ1v) is 6.61. The fourth-order valence-corrected chi connectivity index (χ4v) is 1.89. The van der Waals surface area contributed by atoms with E-state index in [9.17, 15) is 4.79 Å². The lowest BCUT2D eigenvalue weighted by Crippen LogP contribution is -2.09. The number of ketones is 1. The minimum atomic E-state index is -0.215. The first-order valence-electron chi connectivity index (χ1n) is 6.61. The van der Waals surface area contributed by atoms with Crippen molar-refractivity contribution in [3.8, 4) is 11.5 Å². The summed E-state index contributed by atoms with van der Waals surface area (Å²) in [5.74, 6) is 0.917. The van der Waals surface area contributed by atoms with Gasteiger partial charge in [0.05, 0.1) is 19.4 Å². The Balaban J connectivity index is 2.36. The lowest BCUT2D eigenvalue weighted by molar-refractivity contribution is 0.103. The summed E-state index contributed by atoms with van der Waals surface area (Å²) in [4.78, 5) is 16.6. The van der Waals surface area contributed by atoms with E-state index in [2.05, 4.69) is 4.98 Å². The van der Waals surface area contributed by atoms with Crippen LogP contribution in [0.1, 0.15) is 29.8 Å². The van der Waals surface area contributed by atoms with Crippen molar-refractivity contribution in [3.63, 3.8) is 0 Å². The van der Waals surface area contributed by atoms with Crippen molar-refractivity contribution in [2.45, 2.75) is 20.0 Å². The Morgan fingerprint density at radius 1 is 1.19 bits per heavy atom. The number of aromatic nitrogens is 1. The number of benzene rings is 1. The van der Waals surface area contributed by atoms with Gasteiger partial charge in [0, 0.05) is 23.0 Å². The summed E-state index contributed by atoms with van der Waals surface area (Å²) in [6.07, 6.45) is 3.08. The summed E-state index contributed by atoms with van der Waals surface area (Å²) < 4.78 is 10.7. The molecule has 0 radical (unpaired) electrons. The number of pyridine rings is 1. The number of carbonyl (C=O) groups is 1. The van der Waals surface area contributed by atoms with Gasteiger partial charge in [0.2, 0.25) is 0 Å². The molecule has 5 nitrogen and oxygen atoms in total. The highest BCUT2D eigenvalue weighted by atomic mass is 16.5. The Morgan fingerprint density at radius 2 is 1.95 bits per heavy atom. The predicted octanol–water partition coefficient (Wildman–Crippen LogP) is 2.69. The highest BCUT2D eigenvalue weighted by Gasteiger charge is 2.15. The number of anilines is 1. The summed E-state index contributed by atoms with van der Waals surface area (Å²) in [7, 11) is 1.54. The third-order valence-electron chi connectivity index (χ3n) is 2.85. The molecule has 0 bridgehead atoms. The molecule has 2 N–H and O–H groups in total.